The lowest BCUT2D eigenvalue weighted by Gasteiger charge is -2.31. The largest absolute Gasteiger partial charge is 0.367 e. The van der Waals surface area contributed by atoms with Crippen molar-refractivity contribution in [3.63, 3.8) is 0 Å². The van der Waals surface area contributed by atoms with Crippen molar-refractivity contribution in [2.45, 2.75) is 64.5 Å². The Hall–Kier alpha value is -2.48. The van der Waals surface area contributed by atoms with Crippen LogP contribution in [0.1, 0.15) is 52.7 Å². The van der Waals surface area contributed by atoms with Crippen LogP contribution in [0.2, 0.25) is 0 Å². The molecule has 0 aliphatic carbocycles. The molecule has 2 nitrogen and oxygen atoms in total. The number of hydrogen-bond donors (Lipinski definition) is 0. The Balaban J connectivity index is 1.70. The Morgan fingerprint density at radius 3 is 2.07 bits per heavy atom. The molecule has 2 heteroatoms. The molecule has 1 atom stereocenters. The van der Waals surface area contributed by atoms with E-state index in [4.69, 9.17) is 0 Å². The third-order valence-electron chi connectivity index (χ3n) is 6.94. The van der Waals surface area contributed by atoms with Crippen LogP contribution in [0.5, 0.6) is 0 Å². The molecule has 2 aromatic rings. The molecule has 0 N–H and O–H groups in total. The maximum atomic E-state index is 2.50. The van der Waals surface area contributed by atoms with Crippen LogP contribution in [0, 0.1) is 0 Å². The van der Waals surface area contributed by atoms with Gasteiger partial charge in [0.25, 0.3) is 0 Å². The van der Waals surface area contributed by atoms with Crippen LogP contribution in [0.4, 0.5) is 11.4 Å². The van der Waals surface area contributed by atoms with E-state index in [2.05, 4.69) is 125 Å². The average Bonchev–Trinajstić information content (AvgIpc) is 3.02. The first-order chi connectivity index (χ1) is 13.7. The van der Waals surface area contributed by atoms with Gasteiger partial charge in [-0.3, -0.25) is 0 Å². The second-order valence-corrected chi connectivity index (χ2v) is 9.84. The summed E-state index contributed by atoms with van der Waals surface area (Å²) in [6, 6.07) is 18.4. The van der Waals surface area contributed by atoms with Gasteiger partial charge in [-0.25, -0.2) is 0 Å². The van der Waals surface area contributed by atoms with E-state index < -0.39 is 0 Å². The molecule has 0 saturated heterocycles. The van der Waals surface area contributed by atoms with Crippen LogP contribution >= 0.6 is 0 Å². The highest BCUT2D eigenvalue weighted by Gasteiger charge is 2.42. The molecule has 0 radical (unpaired) electrons. The van der Waals surface area contributed by atoms with Crippen LogP contribution in [0.15, 0.2) is 72.5 Å². The third kappa shape index (κ3) is 2.92. The zero-order valence-electron chi connectivity index (χ0n) is 18.9. The fourth-order valence-corrected chi connectivity index (χ4v) is 5.37. The molecule has 29 heavy (non-hydrogen) atoms. The van der Waals surface area contributed by atoms with Crippen LogP contribution in [0.25, 0.3) is 0 Å². The number of benzene rings is 2. The van der Waals surface area contributed by atoms with E-state index in [1.807, 2.05) is 0 Å². The molecule has 0 saturated carbocycles. The Labute approximate surface area is 176 Å². The van der Waals surface area contributed by atoms with Crippen molar-refractivity contribution in [2.75, 3.05) is 16.8 Å². The molecule has 0 bridgehead atoms. The van der Waals surface area contributed by atoms with E-state index in [9.17, 15) is 0 Å². The van der Waals surface area contributed by atoms with Gasteiger partial charge in [-0.15, -0.1) is 0 Å². The van der Waals surface area contributed by atoms with Gasteiger partial charge in [-0.1, -0.05) is 76.2 Å². The SMILES string of the molecule is CC(C)N1/C(=C\C=C\C2N(C)c3ccccc3C2(C)C)C(C)(C)c2ccccc21. The fraction of sp³-hybridized carbons (Fsp3) is 0.407. The first-order valence-corrected chi connectivity index (χ1v) is 10.8. The summed E-state index contributed by atoms with van der Waals surface area (Å²) in [5.74, 6) is 0. The average molecular weight is 387 g/mol. The van der Waals surface area contributed by atoms with Crippen molar-refractivity contribution in [3.05, 3.63) is 83.6 Å². The first kappa shape index (κ1) is 19.8. The minimum Gasteiger partial charge on any atom is -0.367 e. The number of allylic oxidation sites excluding steroid dienone is 3. The summed E-state index contributed by atoms with van der Waals surface area (Å²) < 4.78 is 0. The topological polar surface area (TPSA) is 6.48 Å². The highest BCUT2D eigenvalue weighted by atomic mass is 15.2. The van der Waals surface area contributed by atoms with Crippen molar-refractivity contribution < 1.29 is 0 Å². The summed E-state index contributed by atoms with van der Waals surface area (Å²) in [5.41, 5.74) is 7.01. The normalized spacial score (nSPS) is 23.3. The highest BCUT2D eigenvalue weighted by molar-refractivity contribution is 5.71. The quantitative estimate of drug-likeness (QED) is 0.600. The molecule has 2 aliphatic rings. The molecule has 4 rings (SSSR count). The fourth-order valence-electron chi connectivity index (χ4n) is 5.37. The first-order valence-electron chi connectivity index (χ1n) is 10.8. The highest BCUT2D eigenvalue weighted by Crippen LogP contribution is 2.49. The van der Waals surface area contributed by atoms with E-state index in [-0.39, 0.29) is 10.8 Å². The molecular formula is C27H34N2. The summed E-state index contributed by atoms with van der Waals surface area (Å²) >= 11 is 0. The predicted molar refractivity (Wildman–Crippen MR) is 126 cm³/mol. The van der Waals surface area contributed by atoms with Crippen molar-refractivity contribution in [3.8, 4) is 0 Å². The van der Waals surface area contributed by atoms with Gasteiger partial charge >= 0.3 is 0 Å². The van der Waals surface area contributed by atoms with Gasteiger partial charge in [0.15, 0.2) is 0 Å². The van der Waals surface area contributed by atoms with Gasteiger partial charge < -0.3 is 9.80 Å². The minimum atomic E-state index is 0.00522. The smallest absolute Gasteiger partial charge is 0.0565 e. The Bertz CT molecular complexity index is 978. The maximum absolute atomic E-state index is 2.50. The zero-order valence-corrected chi connectivity index (χ0v) is 18.9. The number of fused-ring (bicyclic) bond motifs is 2. The number of para-hydroxylation sites is 2. The van der Waals surface area contributed by atoms with Crippen LogP contribution < -0.4 is 9.80 Å². The summed E-state index contributed by atoms with van der Waals surface area (Å²) in [4.78, 5) is 4.91. The van der Waals surface area contributed by atoms with Gasteiger partial charge in [0, 0.05) is 41.0 Å². The number of rotatable bonds is 3. The molecule has 0 fully saturated rings. The van der Waals surface area contributed by atoms with E-state index in [1.165, 1.54) is 28.2 Å². The van der Waals surface area contributed by atoms with Crippen molar-refractivity contribution in [1.82, 2.24) is 0 Å². The van der Waals surface area contributed by atoms with Crippen molar-refractivity contribution in [2.24, 2.45) is 0 Å². The second kappa shape index (κ2) is 6.79. The summed E-state index contributed by atoms with van der Waals surface area (Å²) in [6.07, 6.45) is 7.00. The lowest BCUT2D eigenvalue weighted by Crippen LogP contribution is -2.37. The molecule has 2 heterocycles. The van der Waals surface area contributed by atoms with Gasteiger partial charge in [0.1, 0.15) is 0 Å². The lowest BCUT2D eigenvalue weighted by atomic mass is 9.80. The Morgan fingerprint density at radius 2 is 1.45 bits per heavy atom. The van der Waals surface area contributed by atoms with Gasteiger partial charge in [-0.05, 0) is 43.2 Å². The number of anilines is 2. The van der Waals surface area contributed by atoms with Crippen LogP contribution in [-0.4, -0.2) is 19.1 Å². The summed E-state index contributed by atoms with van der Waals surface area (Å²) in [6.45, 7) is 14.0. The Kier molecular flexibility index (Phi) is 4.64. The summed E-state index contributed by atoms with van der Waals surface area (Å²) in [5, 5.41) is 0. The van der Waals surface area contributed by atoms with E-state index >= 15 is 0 Å². The van der Waals surface area contributed by atoms with Crippen molar-refractivity contribution in [1.29, 1.82) is 0 Å². The molecule has 1 unspecified atom stereocenters. The van der Waals surface area contributed by atoms with E-state index in [1.54, 1.807) is 0 Å². The standard InChI is InChI=1S/C27H34N2/c1-19(2)29-23-16-11-9-14-21(23)27(5,6)25(29)18-12-17-24-26(3,4)20-13-8-10-15-22(20)28(24)7/h8-19,24H,1-7H3/b17-12+,25-18-. The Morgan fingerprint density at radius 1 is 0.862 bits per heavy atom. The molecule has 2 aliphatic heterocycles. The van der Waals surface area contributed by atoms with E-state index in [0.29, 0.717) is 12.1 Å². The van der Waals surface area contributed by atoms with Gasteiger partial charge in [-0.2, -0.15) is 0 Å². The van der Waals surface area contributed by atoms with Crippen molar-refractivity contribution >= 4 is 11.4 Å². The predicted octanol–water partition coefficient (Wildman–Crippen LogP) is 6.43. The van der Waals surface area contributed by atoms with Crippen LogP contribution in [0.3, 0.4) is 0 Å². The molecule has 152 valence electrons. The molecule has 0 spiro atoms. The number of hydrogen-bond acceptors (Lipinski definition) is 2. The number of nitrogens with zero attached hydrogens (tertiary/aromatic N) is 2. The summed E-state index contributed by atoms with van der Waals surface area (Å²) in [7, 11) is 2.21. The van der Waals surface area contributed by atoms with Gasteiger partial charge in [0.05, 0.1) is 6.04 Å². The lowest BCUT2D eigenvalue weighted by molar-refractivity contribution is 0.488. The monoisotopic (exact) mass is 386 g/mol. The zero-order chi connectivity index (χ0) is 21.0. The molecule has 0 amide bonds. The minimum absolute atomic E-state index is 0.00522. The molecular weight excluding hydrogens is 352 g/mol. The van der Waals surface area contributed by atoms with Gasteiger partial charge in [0.2, 0.25) is 0 Å². The van der Waals surface area contributed by atoms with E-state index in [0.717, 1.165) is 0 Å². The molecule has 2 aromatic carbocycles. The molecule has 0 aromatic heterocycles. The number of likely N-dealkylation sites (N-methyl/N-ethyl adjacent to an activating group) is 1. The maximum Gasteiger partial charge on any atom is 0.0565 e. The van der Waals surface area contributed by atoms with Crippen LogP contribution in [-0.2, 0) is 10.8 Å². The third-order valence-corrected chi connectivity index (χ3v) is 6.94. The second-order valence-electron chi connectivity index (χ2n) is 9.84.